The lowest BCUT2D eigenvalue weighted by atomic mass is 9.93. The molecule has 0 bridgehead atoms. The summed E-state index contributed by atoms with van der Waals surface area (Å²) in [4.78, 5) is 0. The highest BCUT2D eigenvalue weighted by atomic mass is 79.9. The fourth-order valence-electron chi connectivity index (χ4n) is 2.57. The molecule has 1 aromatic rings. The molecule has 0 unspecified atom stereocenters. The third-order valence-corrected chi connectivity index (χ3v) is 4.57. The van der Waals surface area contributed by atoms with Crippen LogP contribution in [0.15, 0.2) is 16.6 Å². The van der Waals surface area contributed by atoms with Gasteiger partial charge in [0.2, 0.25) is 0 Å². The molecule has 1 saturated carbocycles. The fraction of sp³-hybridized carbons (Fsp3) is 0.600. The Kier molecular flexibility index (Phi) is 7.81. The predicted molar refractivity (Wildman–Crippen MR) is 89.6 cm³/mol. The van der Waals surface area contributed by atoms with Crippen molar-refractivity contribution in [3.63, 3.8) is 0 Å². The zero-order valence-electron chi connectivity index (χ0n) is 12.4. The van der Waals surface area contributed by atoms with Crippen molar-refractivity contribution >= 4 is 28.3 Å². The van der Waals surface area contributed by atoms with E-state index < -0.39 is 0 Å². The normalized spacial score (nSPS) is 21.5. The van der Waals surface area contributed by atoms with E-state index in [1.807, 2.05) is 12.1 Å². The monoisotopic (exact) mass is 379 g/mol. The highest BCUT2D eigenvalue weighted by molar-refractivity contribution is 9.10. The minimum absolute atomic E-state index is 0. The molecule has 0 spiro atoms. The molecule has 0 aliphatic heterocycles. The standard InChI is InChI=1S/C15H22BrNO3.ClH/c1-19-14-7-10(13(16)8-15(14)20-2)9-17-11-3-5-12(18)6-4-11;/h7-8,11-12,17-18H,3-6,9H2,1-2H3;1H. The summed E-state index contributed by atoms with van der Waals surface area (Å²) >= 11 is 3.57. The predicted octanol–water partition coefficient (Wildman–Crippen LogP) is 3.28. The Morgan fingerprint density at radius 2 is 1.71 bits per heavy atom. The summed E-state index contributed by atoms with van der Waals surface area (Å²) in [5.74, 6) is 1.47. The highest BCUT2D eigenvalue weighted by Crippen LogP contribution is 2.33. The van der Waals surface area contributed by atoms with Crippen molar-refractivity contribution < 1.29 is 14.6 Å². The number of benzene rings is 1. The summed E-state index contributed by atoms with van der Waals surface area (Å²) in [5, 5.41) is 13.1. The Balaban J connectivity index is 0.00000220. The molecule has 0 amide bonds. The SMILES string of the molecule is COc1cc(Br)c(CNC2CCC(O)CC2)cc1OC.Cl. The molecule has 6 heteroatoms. The van der Waals surface area contributed by atoms with Gasteiger partial charge in [0.15, 0.2) is 11.5 Å². The van der Waals surface area contributed by atoms with E-state index in [2.05, 4.69) is 21.2 Å². The number of rotatable bonds is 5. The van der Waals surface area contributed by atoms with Crippen molar-refractivity contribution in [3.8, 4) is 11.5 Å². The van der Waals surface area contributed by atoms with Gasteiger partial charge in [-0.15, -0.1) is 12.4 Å². The van der Waals surface area contributed by atoms with E-state index in [0.717, 1.165) is 53.8 Å². The van der Waals surface area contributed by atoms with Gasteiger partial charge in [0.05, 0.1) is 20.3 Å². The van der Waals surface area contributed by atoms with Crippen molar-refractivity contribution in [2.75, 3.05) is 14.2 Å². The number of aliphatic hydroxyl groups is 1. The largest absolute Gasteiger partial charge is 0.493 e. The summed E-state index contributed by atoms with van der Waals surface area (Å²) < 4.78 is 11.6. The van der Waals surface area contributed by atoms with Gasteiger partial charge in [-0.3, -0.25) is 0 Å². The summed E-state index contributed by atoms with van der Waals surface area (Å²) in [6.45, 7) is 0.779. The van der Waals surface area contributed by atoms with Gasteiger partial charge in [-0.05, 0) is 43.4 Å². The van der Waals surface area contributed by atoms with Gasteiger partial charge in [0.1, 0.15) is 0 Å². The number of hydrogen-bond acceptors (Lipinski definition) is 4. The highest BCUT2D eigenvalue weighted by Gasteiger charge is 2.19. The fourth-order valence-corrected chi connectivity index (χ4v) is 3.03. The molecule has 0 heterocycles. The Bertz CT molecular complexity index is 451. The number of ether oxygens (including phenoxy) is 2. The molecule has 1 aliphatic rings. The molecule has 1 aromatic carbocycles. The molecular weight excluding hydrogens is 358 g/mol. The first kappa shape index (κ1) is 18.6. The second-order valence-corrected chi connectivity index (χ2v) is 6.04. The van der Waals surface area contributed by atoms with E-state index in [0.29, 0.717) is 6.04 Å². The van der Waals surface area contributed by atoms with E-state index in [1.54, 1.807) is 14.2 Å². The second kappa shape index (κ2) is 8.83. The quantitative estimate of drug-likeness (QED) is 0.823. The van der Waals surface area contributed by atoms with E-state index in [-0.39, 0.29) is 18.5 Å². The molecule has 2 rings (SSSR count). The molecule has 2 N–H and O–H groups in total. The van der Waals surface area contributed by atoms with E-state index in [4.69, 9.17) is 9.47 Å². The molecule has 4 nitrogen and oxygen atoms in total. The molecule has 1 aliphatic carbocycles. The summed E-state index contributed by atoms with van der Waals surface area (Å²) in [6.07, 6.45) is 3.74. The maximum atomic E-state index is 9.52. The van der Waals surface area contributed by atoms with Crippen molar-refractivity contribution in [3.05, 3.63) is 22.2 Å². The van der Waals surface area contributed by atoms with Crippen LogP contribution in [0.25, 0.3) is 0 Å². The maximum absolute atomic E-state index is 9.52. The maximum Gasteiger partial charge on any atom is 0.161 e. The smallest absolute Gasteiger partial charge is 0.161 e. The second-order valence-electron chi connectivity index (χ2n) is 5.18. The average molecular weight is 381 g/mol. The molecule has 1 fully saturated rings. The van der Waals surface area contributed by atoms with Gasteiger partial charge in [0.25, 0.3) is 0 Å². The van der Waals surface area contributed by atoms with Crippen LogP contribution >= 0.6 is 28.3 Å². The molecule has 0 saturated heterocycles. The number of methoxy groups -OCH3 is 2. The van der Waals surface area contributed by atoms with Crippen molar-refractivity contribution in [2.45, 2.75) is 44.4 Å². The van der Waals surface area contributed by atoms with Crippen LogP contribution in [0.2, 0.25) is 0 Å². The summed E-state index contributed by atoms with van der Waals surface area (Å²) in [6, 6.07) is 4.41. The van der Waals surface area contributed by atoms with Crippen LogP contribution in [0.5, 0.6) is 11.5 Å². The van der Waals surface area contributed by atoms with Crippen molar-refractivity contribution in [1.29, 1.82) is 0 Å². The minimum atomic E-state index is -0.110. The molecule has 0 atom stereocenters. The first-order valence-electron chi connectivity index (χ1n) is 6.96. The number of nitrogens with one attached hydrogen (secondary N) is 1. The zero-order valence-corrected chi connectivity index (χ0v) is 14.8. The Morgan fingerprint density at radius 3 is 2.29 bits per heavy atom. The third-order valence-electron chi connectivity index (χ3n) is 3.83. The first-order valence-corrected chi connectivity index (χ1v) is 7.75. The Labute approximate surface area is 140 Å². The van der Waals surface area contributed by atoms with Crippen LogP contribution in [-0.2, 0) is 6.54 Å². The van der Waals surface area contributed by atoms with E-state index >= 15 is 0 Å². The number of halogens is 2. The van der Waals surface area contributed by atoms with Gasteiger partial charge in [0, 0.05) is 17.1 Å². The molecule has 0 aromatic heterocycles. The van der Waals surface area contributed by atoms with Crippen LogP contribution < -0.4 is 14.8 Å². The van der Waals surface area contributed by atoms with Crippen molar-refractivity contribution in [2.24, 2.45) is 0 Å². The Morgan fingerprint density at radius 1 is 1.14 bits per heavy atom. The zero-order chi connectivity index (χ0) is 14.5. The van der Waals surface area contributed by atoms with Gasteiger partial charge >= 0.3 is 0 Å². The summed E-state index contributed by atoms with van der Waals surface area (Å²) in [5.41, 5.74) is 1.15. The van der Waals surface area contributed by atoms with Crippen LogP contribution in [0.3, 0.4) is 0 Å². The van der Waals surface area contributed by atoms with Crippen LogP contribution in [0, 0.1) is 0 Å². The lowest BCUT2D eigenvalue weighted by Gasteiger charge is -2.26. The topological polar surface area (TPSA) is 50.7 Å². The van der Waals surface area contributed by atoms with Gasteiger partial charge < -0.3 is 19.9 Å². The van der Waals surface area contributed by atoms with Crippen molar-refractivity contribution in [1.82, 2.24) is 5.32 Å². The Hall–Kier alpha value is -0.490. The third kappa shape index (κ3) is 5.02. The summed E-state index contributed by atoms with van der Waals surface area (Å²) in [7, 11) is 3.28. The van der Waals surface area contributed by atoms with Gasteiger partial charge in [-0.1, -0.05) is 15.9 Å². The molecule has 0 radical (unpaired) electrons. The van der Waals surface area contributed by atoms with Crippen LogP contribution in [-0.4, -0.2) is 31.5 Å². The van der Waals surface area contributed by atoms with Crippen LogP contribution in [0.4, 0.5) is 0 Å². The first-order chi connectivity index (χ1) is 9.63. The molecular formula is C15H23BrClNO3. The van der Waals surface area contributed by atoms with Crippen LogP contribution in [0.1, 0.15) is 31.2 Å². The number of hydrogen-bond donors (Lipinski definition) is 2. The minimum Gasteiger partial charge on any atom is -0.493 e. The van der Waals surface area contributed by atoms with Gasteiger partial charge in [-0.25, -0.2) is 0 Å². The molecule has 21 heavy (non-hydrogen) atoms. The van der Waals surface area contributed by atoms with E-state index in [9.17, 15) is 5.11 Å². The average Bonchev–Trinajstić information content (AvgIpc) is 2.47. The lowest BCUT2D eigenvalue weighted by molar-refractivity contribution is 0.116. The van der Waals surface area contributed by atoms with E-state index in [1.165, 1.54) is 0 Å². The lowest BCUT2D eigenvalue weighted by Crippen LogP contribution is -2.34. The molecule has 120 valence electrons. The van der Waals surface area contributed by atoms with Gasteiger partial charge in [-0.2, -0.15) is 0 Å². The number of aliphatic hydroxyl groups excluding tert-OH is 1.